The Bertz CT molecular complexity index is 524. The van der Waals surface area contributed by atoms with Gasteiger partial charge in [-0.05, 0) is 30.3 Å². The summed E-state index contributed by atoms with van der Waals surface area (Å²) in [6.07, 6.45) is 1.64. The minimum absolute atomic E-state index is 0.619. The minimum Gasteiger partial charge on any atom is -0.279 e. The molecule has 0 aliphatic carbocycles. The zero-order valence-corrected chi connectivity index (χ0v) is 10.4. The van der Waals surface area contributed by atoms with Gasteiger partial charge in [-0.15, -0.1) is 0 Å². The van der Waals surface area contributed by atoms with E-state index in [2.05, 4.69) is 10.5 Å². The van der Waals surface area contributed by atoms with Crippen molar-refractivity contribution >= 4 is 35.1 Å². The highest BCUT2D eigenvalue weighted by Gasteiger charge is 1.97. The van der Waals surface area contributed by atoms with Gasteiger partial charge >= 0.3 is 0 Å². The Morgan fingerprint density at radius 3 is 2.53 bits per heavy atom. The molecule has 0 unspecified atom stereocenters. The van der Waals surface area contributed by atoms with E-state index >= 15 is 0 Å². The van der Waals surface area contributed by atoms with Crippen molar-refractivity contribution in [1.29, 1.82) is 0 Å². The molecule has 0 saturated carbocycles. The van der Waals surface area contributed by atoms with Crippen molar-refractivity contribution in [2.75, 3.05) is 5.43 Å². The fraction of sp³-hybridized carbons (Fsp3) is 0. The number of nitrogens with zero attached hydrogens (tertiary/aromatic N) is 1. The lowest BCUT2D eigenvalue weighted by Crippen LogP contribution is -1.90. The number of hydrazone groups is 1. The Morgan fingerprint density at radius 2 is 1.76 bits per heavy atom. The van der Waals surface area contributed by atoms with Crippen LogP contribution >= 0.6 is 23.2 Å². The molecule has 0 heterocycles. The SMILES string of the molecule is Clc1ccc(Cl)c(C=NNc2ccccc2)c1. The van der Waals surface area contributed by atoms with Crippen LogP contribution < -0.4 is 5.43 Å². The quantitative estimate of drug-likeness (QED) is 0.644. The van der Waals surface area contributed by atoms with Gasteiger partial charge in [0.1, 0.15) is 0 Å². The lowest BCUT2D eigenvalue weighted by Gasteiger charge is -2.00. The van der Waals surface area contributed by atoms with E-state index in [1.54, 1.807) is 24.4 Å². The van der Waals surface area contributed by atoms with E-state index in [0.717, 1.165) is 11.3 Å². The zero-order valence-electron chi connectivity index (χ0n) is 8.90. The van der Waals surface area contributed by atoms with Gasteiger partial charge < -0.3 is 0 Å². The lowest BCUT2D eigenvalue weighted by molar-refractivity contribution is 1.35. The number of hydrogen-bond acceptors (Lipinski definition) is 2. The molecule has 0 amide bonds. The first-order chi connectivity index (χ1) is 8.25. The fourth-order valence-corrected chi connectivity index (χ4v) is 1.65. The van der Waals surface area contributed by atoms with E-state index in [1.807, 2.05) is 30.3 Å². The van der Waals surface area contributed by atoms with Crippen molar-refractivity contribution in [3.63, 3.8) is 0 Å². The number of para-hydroxylation sites is 1. The molecular formula is C13H10Cl2N2. The first-order valence-corrected chi connectivity index (χ1v) is 5.80. The molecule has 0 spiro atoms. The third kappa shape index (κ3) is 3.48. The molecule has 0 saturated heterocycles. The van der Waals surface area contributed by atoms with Crippen LogP contribution in [-0.2, 0) is 0 Å². The maximum Gasteiger partial charge on any atom is 0.0561 e. The van der Waals surface area contributed by atoms with Crippen LogP contribution in [0.4, 0.5) is 5.69 Å². The summed E-state index contributed by atoms with van der Waals surface area (Å²) in [6.45, 7) is 0. The summed E-state index contributed by atoms with van der Waals surface area (Å²) in [5.74, 6) is 0. The largest absolute Gasteiger partial charge is 0.279 e. The van der Waals surface area contributed by atoms with Crippen LogP contribution in [0.25, 0.3) is 0 Å². The highest BCUT2D eigenvalue weighted by Crippen LogP contribution is 2.18. The molecule has 0 radical (unpaired) electrons. The molecule has 0 fully saturated rings. The first-order valence-electron chi connectivity index (χ1n) is 5.05. The molecule has 86 valence electrons. The van der Waals surface area contributed by atoms with E-state index in [9.17, 15) is 0 Å². The predicted molar refractivity (Wildman–Crippen MR) is 74.1 cm³/mol. The summed E-state index contributed by atoms with van der Waals surface area (Å²) in [5, 5.41) is 5.35. The number of benzene rings is 2. The van der Waals surface area contributed by atoms with Gasteiger partial charge in [0.25, 0.3) is 0 Å². The van der Waals surface area contributed by atoms with Crippen LogP contribution in [0.2, 0.25) is 10.0 Å². The van der Waals surface area contributed by atoms with E-state index in [1.165, 1.54) is 0 Å². The number of rotatable bonds is 3. The molecule has 2 aromatic carbocycles. The number of nitrogens with one attached hydrogen (secondary N) is 1. The van der Waals surface area contributed by atoms with Crippen molar-refractivity contribution < 1.29 is 0 Å². The summed E-state index contributed by atoms with van der Waals surface area (Å²) in [4.78, 5) is 0. The van der Waals surface area contributed by atoms with E-state index in [0.29, 0.717) is 10.0 Å². The van der Waals surface area contributed by atoms with Gasteiger partial charge in [0.15, 0.2) is 0 Å². The van der Waals surface area contributed by atoms with Crippen molar-refractivity contribution in [3.05, 3.63) is 64.1 Å². The molecule has 4 heteroatoms. The lowest BCUT2D eigenvalue weighted by atomic mass is 10.2. The Kier molecular flexibility index (Phi) is 4.02. The van der Waals surface area contributed by atoms with Gasteiger partial charge in [-0.3, -0.25) is 5.43 Å². The molecule has 2 rings (SSSR count). The van der Waals surface area contributed by atoms with Crippen molar-refractivity contribution in [2.45, 2.75) is 0 Å². The smallest absolute Gasteiger partial charge is 0.0561 e. The van der Waals surface area contributed by atoms with Gasteiger partial charge in [-0.1, -0.05) is 41.4 Å². The monoisotopic (exact) mass is 264 g/mol. The van der Waals surface area contributed by atoms with Crippen LogP contribution in [0.1, 0.15) is 5.56 Å². The molecule has 0 aliphatic rings. The van der Waals surface area contributed by atoms with Crippen molar-refractivity contribution in [3.8, 4) is 0 Å². The molecule has 0 bridgehead atoms. The summed E-state index contributed by atoms with van der Waals surface area (Å²) >= 11 is 11.9. The van der Waals surface area contributed by atoms with Crippen molar-refractivity contribution in [2.24, 2.45) is 5.10 Å². The number of anilines is 1. The fourth-order valence-electron chi connectivity index (χ4n) is 1.30. The molecule has 17 heavy (non-hydrogen) atoms. The van der Waals surface area contributed by atoms with E-state index < -0.39 is 0 Å². The van der Waals surface area contributed by atoms with Crippen LogP contribution in [0.5, 0.6) is 0 Å². The average Bonchev–Trinajstić information content (AvgIpc) is 2.35. The highest BCUT2D eigenvalue weighted by atomic mass is 35.5. The third-order valence-corrected chi connectivity index (χ3v) is 2.71. The van der Waals surface area contributed by atoms with Gasteiger partial charge in [-0.25, -0.2) is 0 Å². The normalized spacial score (nSPS) is 10.7. The summed E-state index contributed by atoms with van der Waals surface area (Å²) in [5.41, 5.74) is 4.61. The summed E-state index contributed by atoms with van der Waals surface area (Å²) < 4.78 is 0. The topological polar surface area (TPSA) is 24.4 Å². The number of hydrogen-bond donors (Lipinski definition) is 1. The summed E-state index contributed by atoms with van der Waals surface area (Å²) in [6, 6.07) is 14.9. The number of halogens is 2. The van der Waals surface area contributed by atoms with Gasteiger partial charge in [0, 0.05) is 15.6 Å². The standard InChI is InChI=1S/C13H10Cl2N2/c14-11-6-7-13(15)10(8-11)9-16-17-12-4-2-1-3-5-12/h1-9,17H. The second kappa shape index (κ2) is 5.71. The van der Waals surface area contributed by atoms with Crippen LogP contribution in [-0.4, -0.2) is 6.21 Å². The van der Waals surface area contributed by atoms with E-state index in [4.69, 9.17) is 23.2 Å². The van der Waals surface area contributed by atoms with Gasteiger partial charge in [-0.2, -0.15) is 5.10 Å². The van der Waals surface area contributed by atoms with Crippen molar-refractivity contribution in [1.82, 2.24) is 0 Å². The van der Waals surface area contributed by atoms with Crippen LogP contribution in [0, 0.1) is 0 Å². The molecule has 0 atom stereocenters. The molecule has 2 aromatic rings. The third-order valence-electron chi connectivity index (χ3n) is 2.13. The Balaban J connectivity index is 2.08. The maximum absolute atomic E-state index is 6.00. The molecule has 2 nitrogen and oxygen atoms in total. The van der Waals surface area contributed by atoms with E-state index in [-0.39, 0.29) is 0 Å². The van der Waals surface area contributed by atoms with Gasteiger partial charge in [0.05, 0.1) is 11.9 Å². The molecule has 0 aromatic heterocycles. The van der Waals surface area contributed by atoms with Gasteiger partial charge in [0.2, 0.25) is 0 Å². The molecule has 1 N–H and O–H groups in total. The predicted octanol–water partition coefficient (Wildman–Crippen LogP) is 4.44. The molecular weight excluding hydrogens is 255 g/mol. The van der Waals surface area contributed by atoms with Crippen LogP contribution in [0.15, 0.2) is 53.6 Å². The Hall–Kier alpha value is -1.51. The maximum atomic E-state index is 6.00. The Labute approximate surface area is 110 Å². The first kappa shape index (κ1) is 12.0. The molecule has 0 aliphatic heterocycles. The highest BCUT2D eigenvalue weighted by molar-refractivity contribution is 6.35. The second-order valence-electron chi connectivity index (χ2n) is 3.40. The van der Waals surface area contributed by atoms with Crippen LogP contribution in [0.3, 0.4) is 0 Å². The zero-order chi connectivity index (χ0) is 12.1. The minimum atomic E-state index is 0.619. The average molecular weight is 265 g/mol. The second-order valence-corrected chi connectivity index (χ2v) is 4.25. The summed E-state index contributed by atoms with van der Waals surface area (Å²) in [7, 11) is 0. The Morgan fingerprint density at radius 1 is 1.00 bits per heavy atom.